The third-order valence-corrected chi connectivity index (χ3v) is 7.21. The van der Waals surface area contributed by atoms with E-state index in [1.54, 1.807) is 16.8 Å². The van der Waals surface area contributed by atoms with Crippen molar-refractivity contribution in [2.75, 3.05) is 26.2 Å². The predicted molar refractivity (Wildman–Crippen MR) is 159 cm³/mol. The van der Waals surface area contributed by atoms with Gasteiger partial charge in [0.05, 0.1) is 24.8 Å². The molecule has 5 rings (SSSR count). The average molecular weight is 571 g/mol. The van der Waals surface area contributed by atoms with Crippen LogP contribution < -0.4 is 15.4 Å². The van der Waals surface area contributed by atoms with E-state index in [9.17, 15) is 9.59 Å². The predicted octanol–water partition coefficient (Wildman–Crippen LogP) is 3.43. The van der Waals surface area contributed by atoms with E-state index in [-0.39, 0.29) is 24.4 Å². The van der Waals surface area contributed by atoms with Gasteiger partial charge in [-0.15, -0.1) is 0 Å². The summed E-state index contributed by atoms with van der Waals surface area (Å²) in [6, 6.07) is 16.5. The largest absolute Gasteiger partial charge is 0.492 e. The number of aromatic nitrogens is 5. The van der Waals surface area contributed by atoms with Gasteiger partial charge in [-0.3, -0.25) is 14.5 Å². The highest BCUT2D eigenvalue weighted by atomic mass is 16.5. The van der Waals surface area contributed by atoms with Crippen LogP contribution in [0.2, 0.25) is 0 Å². The molecule has 4 aromatic rings. The molecular weight excluding hydrogens is 532 g/mol. The summed E-state index contributed by atoms with van der Waals surface area (Å²) in [5.74, 6) is 2.46. The van der Waals surface area contributed by atoms with E-state index in [1.165, 1.54) is 0 Å². The van der Waals surface area contributed by atoms with Crippen molar-refractivity contribution in [2.24, 2.45) is 0 Å². The summed E-state index contributed by atoms with van der Waals surface area (Å²) in [4.78, 5) is 41.1. The normalized spacial score (nSPS) is 17.4. The van der Waals surface area contributed by atoms with E-state index in [2.05, 4.69) is 27.4 Å². The summed E-state index contributed by atoms with van der Waals surface area (Å²) in [6.07, 6.45) is 1.48. The lowest BCUT2D eigenvalue weighted by atomic mass is 10.2. The number of amides is 2. The molecule has 0 spiro atoms. The van der Waals surface area contributed by atoms with Gasteiger partial charge in [0.15, 0.2) is 5.82 Å². The van der Waals surface area contributed by atoms with Crippen LogP contribution in [0.4, 0.5) is 0 Å². The number of carbonyl (C=O) groups excluding carboxylic acids is 2. The third-order valence-electron chi connectivity index (χ3n) is 7.21. The van der Waals surface area contributed by atoms with Crippen LogP contribution in [0.1, 0.15) is 59.7 Å². The van der Waals surface area contributed by atoms with Crippen LogP contribution in [0, 0.1) is 6.92 Å². The monoisotopic (exact) mass is 570 g/mol. The minimum Gasteiger partial charge on any atom is -0.492 e. The highest BCUT2D eigenvalue weighted by Crippen LogP contribution is 2.20. The zero-order valence-electron chi connectivity index (χ0n) is 24.4. The van der Waals surface area contributed by atoms with E-state index >= 15 is 0 Å². The molecular formula is C31H38N8O3. The molecule has 2 bridgehead atoms. The Kier molecular flexibility index (Phi) is 9.28. The first kappa shape index (κ1) is 29.0. The minimum absolute atomic E-state index is 0.126. The van der Waals surface area contributed by atoms with Gasteiger partial charge in [-0.25, -0.2) is 14.6 Å². The first-order valence-electron chi connectivity index (χ1n) is 14.5. The van der Waals surface area contributed by atoms with Crippen molar-refractivity contribution < 1.29 is 14.3 Å². The van der Waals surface area contributed by atoms with Gasteiger partial charge in [-0.1, -0.05) is 43.3 Å². The molecule has 0 unspecified atom stereocenters. The zero-order valence-corrected chi connectivity index (χ0v) is 24.4. The molecule has 0 fully saturated rings. The summed E-state index contributed by atoms with van der Waals surface area (Å²) in [6.45, 7) is 8.48. The summed E-state index contributed by atoms with van der Waals surface area (Å²) >= 11 is 0. The Morgan fingerprint density at radius 3 is 2.62 bits per heavy atom. The molecule has 2 amide bonds. The van der Waals surface area contributed by atoms with Crippen molar-refractivity contribution in [1.29, 1.82) is 0 Å². The third kappa shape index (κ3) is 7.22. The number of benzene rings is 2. The van der Waals surface area contributed by atoms with Gasteiger partial charge in [-0.2, -0.15) is 5.10 Å². The smallest absolute Gasteiger partial charge is 0.251 e. The molecule has 0 saturated heterocycles. The lowest BCUT2D eigenvalue weighted by Crippen LogP contribution is -2.40. The van der Waals surface area contributed by atoms with Crippen LogP contribution in [-0.4, -0.2) is 67.7 Å². The standard InChI is InChI=1S/C31H38N8O3/c1-4-27-33-21(2)26(35-27)19-38-15-9-14-32-31(41)24-12-8-13-25(18-24)42-17-16-39-30(22(3)34-28(40)20-38)36-29(37-39)23-10-6-5-7-11-23/h5-8,10-13,18,22H,4,9,14-17,19-20H2,1-3H3,(H,32,41)(H,33,35)(H,34,40)/t22-/m0/s1. The summed E-state index contributed by atoms with van der Waals surface area (Å²) < 4.78 is 7.77. The van der Waals surface area contributed by atoms with E-state index in [0.29, 0.717) is 62.2 Å². The summed E-state index contributed by atoms with van der Waals surface area (Å²) in [5.41, 5.74) is 3.34. The Morgan fingerprint density at radius 2 is 1.83 bits per heavy atom. The number of hydrogen-bond donors (Lipinski definition) is 3. The molecule has 11 heteroatoms. The van der Waals surface area contributed by atoms with E-state index in [1.807, 2.05) is 56.3 Å². The van der Waals surface area contributed by atoms with Crippen molar-refractivity contribution in [3.8, 4) is 17.1 Å². The average Bonchev–Trinajstić information content (AvgIpc) is 3.58. The number of aromatic amines is 1. The fraction of sp³-hybridized carbons (Fsp3) is 0.387. The number of fused-ring (bicyclic) bond motifs is 3. The van der Waals surface area contributed by atoms with Gasteiger partial charge in [0.25, 0.3) is 5.91 Å². The number of hydrogen-bond acceptors (Lipinski definition) is 7. The van der Waals surface area contributed by atoms with Crippen molar-refractivity contribution >= 4 is 11.8 Å². The molecule has 0 aliphatic carbocycles. The molecule has 0 saturated carbocycles. The first-order chi connectivity index (χ1) is 20.4. The van der Waals surface area contributed by atoms with Crippen LogP contribution in [0.5, 0.6) is 5.75 Å². The fourth-order valence-electron chi connectivity index (χ4n) is 5.00. The quantitative estimate of drug-likeness (QED) is 0.343. The van der Waals surface area contributed by atoms with Crippen molar-refractivity contribution in [2.45, 2.75) is 52.7 Å². The van der Waals surface area contributed by atoms with Crippen molar-refractivity contribution in [1.82, 2.24) is 40.3 Å². The van der Waals surface area contributed by atoms with Gasteiger partial charge in [0.2, 0.25) is 5.91 Å². The Labute approximate surface area is 245 Å². The van der Waals surface area contributed by atoms with E-state index < -0.39 is 0 Å². The number of nitrogens with zero attached hydrogens (tertiary/aromatic N) is 5. The Bertz CT molecular complexity index is 1510. The van der Waals surface area contributed by atoms with Gasteiger partial charge in [0, 0.05) is 42.9 Å². The Morgan fingerprint density at radius 1 is 1.02 bits per heavy atom. The number of ether oxygens (including phenoxy) is 1. The maximum atomic E-state index is 13.3. The second-order valence-corrected chi connectivity index (χ2v) is 10.5. The molecule has 2 aromatic carbocycles. The number of rotatable bonds is 4. The van der Waals surface area contributed by atoms with Crippen molar-refractivity contribution in [3.05, 3.63) is 83.2 Å². The molecule has 42 heavy (non-hydrogen) atoms. The molecule has 11 nitrogen and oxygen atoms in total. The number of imidazole rings is 1. The van der Waals surface area contributed by atoms with Crippen LogP contribution in [0.15, 0.2) is 54.6 Å². The molecule has 220 valence electrons. The van der Waals surface area contributed by atoms with E-state index in [4.69, 9.17) is 19.8 Å². The van der Waals surface area contributed by atoms with E-state index in [0.717, 1.165) is 29.2 Å². The first-order valence-corrected chi connectivity index (χ1v) is 14.5. The molecule has 1 aliphatic rings. The zero-order chi connectivity index (χ0) is 29.5. The molecule has 2 aromatic heterocycles. The van der Waals surface area contributed by atoms with Crippen LogP contribution in [0.3, 0.4) is 0 Å². The number of nitrogens with one attached hydrogen (secondary N) is 3. The Balaban J connectivity index is 1.41. The minimum atomic E-state index is -0.385. The molecule has 3 N–H and O–H groups in total. The Hall–Kier alpha value is -4.51. The second-order valence-electron chi connectivity index (χ2n) is 10.5. The number of H-pyrrole nitrogens is 1. The topological polar surface area (TPSA) is 130 Å². The summed E-state index contributed by atoms with van der Waals surface area (Å²) in [5, 5.41) is 10.9. The molecule has 1 atom stereocenters. The van der Waals surface area contributed by atoms with Crippen LogP contribution in [0.25, 0.3) is 11.4 Å². The summed E-state index contributed by atoms with van der Waals surface area (Å²) in [7, 11) is 0. The van der Waals surface area contributed by atoms with Gasteiger partial charge < -0.3 is 20.4 Å². The lowest BCUT2D eigenvalue weighted by molar-refractivity contribution is -0.123. The van der Waals surface area contributed by atoms with Crippen LogP contribution >= 0.6 is 0 Å². The fourth-order valence-corrected chi connectivity index (χ4v) is 5.00. The maximum Gasteiger partial charge on any atom is 0.251 e. The number of aryl methyl sites for hydroxylation is 2. The highest BCUT2D eigenvalue weighted by Gasteiger charge is 2.22. The second kappa shape index (κ2) is 13.4. The van der Waals surface area contributed by atoms with Crippen molar-refractivity contribution in [3.63, 3.8) is 0 Å². The van der Waals surface area contributed by atoms with Gasteiger partial charge >= 0.3 is 0 Å². The SMILES string of the molecule is CCc1nc(CN2CCCNC(=O)c3cccc(c3)OCCn3nc(-c4ccccc4)nc3[C@H](C)NC(=O)C2)c(C)[nH]1. The molecule has 0 radical (unpaired) electrons. The maximum absolute atomic E-state index is 13.3. The van der Waals surface area contributed by atoms with Gasteiger partial charge in [-0.05, 0) is 38.5 Å². The van der Waals surface area contributed by atoms with Crippen LogP contribution in [-0.2, 0) is 24.3 Å². The lowest BCUT2D eigenvalue weighted by Gasteiger charge is -2.23. The van der Waals surface area contributed by atoms with Gasteiger partial charge in [0.1, 0.15) is 24.0 Å². The number of carbonyl (C=O) groups is 2. The molecule has 1 aliphatic heterocycles. The highest BCUT2D eigenvalue weighted by molar-refractivity contribution is 5.94. The molecule has 3 heterocycles.